The third-order valence-electron chi connectivity index (χ3n) is 3.40. The van der Waals surface area contributed by atoms with E-state index >= 15 is 0 Å². The number of anilines is 1. The molecule has 2 aromatic rings. The molecule has 0 saturated heterocycles. The van der Waals surface area contributed by atoms with Gasteiger partial charge in [-0.1, -0.05) is 18.2 Å². The van der Waals surface area contributed by atoms with E-state index in [2.05, 4.69) is 15.3 Å². The molecule has 0 atom stereocenters. The average Bonchev–Trinajstić information content (AvgIpc) is 3.17. The van der Waals surface area contributed by atoms with Crippen molar-refractivity contribution in [3.05, 3.63) is 30.5 Å². The number of aliphatic hydroxyl groups excluding tert-OH is 1. The molecule has 1 aliphatic carbocycles. The van der Waals surface area contributed by atoms with E-state index in [1.54, 1.807) is 0 Å². The summed E-state index contributed by atoms with van der Waals surface area (Å²) in [4.78, 5) is 8.70. The lowest BCUT2D eigenvalue weighted by molar-refractivity contribution is 0.219. The van der Waals surface area contributed by atoms with Crippen molar-refractivity contribution < 1.29 is 5.11 Å². The maximum Gasteiger partial charge on any atom is 0.223 e. The summed E-state index contributed by atoms with van der Waals surface area (Å²) in [7, 11) is 0. The molecule has 0 radical (unpaired) electrons. The van der Waals surface area contributed by atoms with Gasteiger partial charge in [0, 0.05) is 23.5 Å². The van der Waals surface area contributed by atoms with Crippen LogP contribution in [0.25, 0.3) is 10.9 Å². The summed E-state index contributed by atoms with van der Waals surface area (Å²) in [5, 5.41) is 13.5. The van der Waals surface area contributed by atoms with Gasteiger partial charge in [-0.3, -0.25) is 0 Å². The summed E-state index contributed by atoms with van der Waals surface area (Å²) in [6.07, 6.45) is 4.00. The molecule has 3 rings (SSSR count). The summed E-state index contributed by atoms with van der Waals surface area (Å²) in [6, 6.07) is 7.91. The molecule has 88 valence electrons. The van der Waals surface area contributed by atoms with Gasteiger partial charge < -0.3 is 10.4 Å². The Morgan fingerprint density at radius 2 is 2.12 bits per heavy atom. The molecule has 0 amide bonds. The van der Waals surface area contributed by atoms with Gasteiger partial charge in [0.15, 0.2) is 0 Å². The van der Waals surface area contributed by atoms with E-state index < -0.39 is 0 Å². The molecule has 2 N–H and O–H groups in total. The highest BCUT2D eigenvalue weighted by atomic mass is 16.3. The van der Waals surface area contributed by atoms with E-state index in [0.717, 1.165) is 30.3 Å². The first-order valence-corrected chi connectivity index (χ1v) is 5.88. The van der Waals surface area contributed by atoms with Gasteiger partial charge in [-0.05, 0) is 18.9 Å². The molecule has 17 heavy (non-hydrogen) atoms. The van der Waals surface area contributed by atoms with Crippen LogP contribution in [-0.2, 0) is 0 Å². The summed E-state index contributed by atoms with van der Waals surface area (Å²) < 4.78 is 0. The van der Waals surface area contributed by atoms with Crippen molar-refractivity contribution in [2.75, 3.05) is 18.5 Å². The zero-order valence-corrected chi connectivity index (χ0v) is 9.56. The van der Waals surface area contributed by atoms with E-state index in [1.807, 2.05) is 30.5 Å². The number of rotatable bonds is 4. The Bertz CT molecular complexity index is 537. The molecule has 1 saturated carbocycles. The minimum Gasteiger partial charge on any atom is -0.396 e. The van der Waals surface area contributed by atoms with Gasteiger partial charge >= 0.3 is 0 Å². The molecule has 1 aromatic carbocycles. The van der Waals surface area contributed by atoms with Crippen molar-refractivity contribution in [2.45, 2.75) is 12.8 Å². The second-order valence-corrected chi connectivity index (χ2v) is 4.76. The SMILES string of the molecule is OCC1(CNc2ncc3ccccc3n2)CC1. The quantitative estimate of drug-likeness (QED) is 0.839. The molecular weight excluding hydrogens is 214 g/mol. The van der Waals surface area contributed by atoms with E-state index in [1.165, 1.54) is 0 Å². The predicted octanol–water partition coefficient (Wildman–Crippen LogP) is 1.81. The Morgan fingerprint density at radius 3 is 2.88 bits per heavy atom. The van der Waals surface area contributed by atoms with Crippen molar-refractivity contribution in [3.63, 3.8) is 0 Å². The lowest BCUT2D eigenvalue weighted by Gasteiger charge is -2.12. The van der Waals surface area contributed by atoms with Gasteiger partial charge in [0.25, 0.3) is 0 Å². The highest BCUT2D eigenvalue weighted by Crippen LogP contribution is 2.44. The maximum absolute atomic E-state index is 9.23. The minimum absolute atomic E-state index is 0.0784. The molecule has 0 spiro atoms. The van der Waals surface area contributed by atoms with Crippen molar-refractivity contribution >= 4 is 16.9 Å². The number of benzene rings is 1. The standard InChI is InChI=1S/C13H15N3O/c17-9-13(5-6-13)8-15-12-14-7-10-3-1-2-4-11(10)16-12/h1-4,7,17H,5-6,8-9H2,(H,14,15,16). The fourth-order valence-corrected chi connectivity index (χ4v) is 1.89. The normalized spacial score (nSPS) is 17.0. The molecule has 1 aliphatic rings. The van der Waals surface area contributed by atoms with E-state index in [-0.39, 0.29) is 12.0 Å². The Balaban J connectivity index is 1.77. The van der Waals surface area contributed by atoms with Crippen molar-refractivity contribution in [1.29, 1.82) is 0 Å². The molecule has 0 bridgehead atoms. The number of hydrogen-bond donors (Lipinski definition) is 2. The smallest absolute Gasteiger partial charge is 0.223 e. The van der Waals surface area contributed by atoms with E-state index in [4.69, 9.17) is 0 Å². The Morgan fingerprint density at radius 1 is 1.29 bits per heavy atom. The predicted molar refractivity (Wildman–Crippen MR) is 66.8 cm³/mol. The second-order valence-electron chi connectivity index (χ2n) is 4.76. The van der Waals surface area contributed by atoms with E-state index in [9.17, 15) is 5.11 Å². The van der Waals surface area contributed by atoms with Gasteiger partial charge in [0.2, 0.25) is 5.95 Å². The number of aliphatic hydroxyl groups is 1. The first kappa shape index (κ1) is 10.5. The topological polar surface area (TPSA) is 58.0 Å². The van der Waals surface area contributed by atoms with Crippen LogP contribution in [0.5, 0.6) is 0 Å². The lowest BCUT2D eigenvalue weighted by Crippen LogP contribution is -2.20. The zero-order valence-electron chi connectivity index (χ0n) is 9.56. The molecule has 4 heteroatoms. The molecule has 0 aliphatic heterocycles. The maximum atomic E-state index is 9.23. The second kappa shape index (κ2) is 3.96. The first-order chi connectivity index (χ1) is 8.31. The third kappa shape index (κ3) is 2.08. The number of nitrogens with zero attached hydrogens (tertiary/aromatic N) is 2. The van der Waals surface area contributed by atoms with Crippen LogP contribution < -0.4 is 5.32 Å². The fourth-order valence-electron chi connectivity index (χ4n) is 1.89. The fraction of sp³-hybridized carbons (Fsp3) is 0.385. The Kier molecular flexibility index (Phi) is 2.44. The first-order valence-electron chi connectivity index (χ1n) is 5.88. The number of para-hydroxylation sites is 1. The van der Waals surface area contributed by atoms with E-state index in [0.29, 0.717) is 5.95 Å². The van der Waals surface area contributed by atoms with Crippen molar-refractivity contribution in [1.82, 2.24) is 9.97 Å². The van der Waals surface area contributed by atoms with Crippen LogP contribution in [0, 0.1) is 5.41 Å². The van der Waals surface area contributed by atoms with Gasteiger partial charge in [-0.2, -0.15) is 0 Å². The highest BCUT2D eigenvalue weighted by molar-refractivity contribution is 5.78. The summed E-state index contributed by atoms with van der Waals surface area (Å²) in [5.74, 6) is 0.642. The molecule has 4 nitrogen and oxygen atoms in total. The van der Waals surface area contributed by atoms with Crippen molar-refractivity contribution in [2.24, 2.45) is 5.41 Å². The van der Waals surface area contributed by atoms with Crippen LogP contribution in [0.4, 0.5) is 5.95 Å². The summed E-state index contributed by atoms with van der Waals surface area (Å²) >= 11 is 0. The number of hydrogen-bond acceptors (Lipinski definition) is 4. The van der Waals surface area contributed by atoms with Crippen LogP contribution in [0.1, 0.15) is 12.8 Å². The highest BCUT2D eigenvalue weighted by Gasteiger charge is 2.41. The number of fused-ring (bicyclic) bond motifs is 1. The number of nitrogens with one attached hydrogen (secondary N) is 1. The van der Waals surface area contributed by atoms with Crippen LogP contribution >= 0.6 is 0 Å². The summed E-state index contributed by atoms with van der Waals surface area (Å²) in [6.45, 7) is 0.995. The minimum atomic E-state index is 0.0784. The van der Waals surface area contributed by atoms with Gasteiger partial charge in [0.05, 0.1) is 12.1 Å². The molecule has 1 aromatic heterocycles. The van der Waals surface area contributed by atoms with Crippen molar-refractivity contribution in [3.8, 4) is 0 Å². The van der Waals surface area contributed by atoms with Gasteiger partial charge in [-0.15, -0.1) is 0 Å². The average molecular weight is 229 g/mol. The Hall–Kier alpha value is -1.68. The number of aromatic nitrogens is 2. The van der Waals surface area contributed by atoms with Crippen LogP contribution in [0.2, 0.25) is 0 Å². The molecule has 0 unspecified atom stereocenters. The van der Waals surface area contributed by atoms with Crippen LogP contribution in [0.15, 0.2) is 30.5 Å². The van der Waals surface area contributed by atoms with Crippen LogP contribution in [0.3, 0.4) is 0 Å². The van der Waals surface area contributed by atoms with Crippen LogP contribution in [-0.4, -0.2) is 28.2 Å². The third-order valence-corrected chi connectivity index (χ3v) is 3.40. The monoisotopic (exact) mass is 229 g/mol. The lowest BCUT2D eigenvalue weighted by atomic mass is 10.1. The zero-order chi connectivity index (χ0) is 11.7. The Labute approximate surface area is 99.7 Å². The van der Waals surface area contributed by atoms with Gasteiger partial charge in [0.1, 0.15) is 0 Å². The van der Waals surface area contributed by atoms with Gasteiger partial charge in [-0.25, -0.2) is 9.97 Å². The molecule has 1 fully saturated rings. The molecule has 1 heterocycles. The largest absolute Gasteiger partial charge is 0.396 e. The molecular formula is C13H15N3O. The summed E-state index contributed by atoms with van der Waals surface area (Å²) in [5.41, 5.74) is 1.02.